The van der Waals surface area contributed by atoms with Crippen LogP contribution in [-0.2, 0) is 7.05 Å². The SMILES string of the molecule is COc1c(C2CCCN2C(=O)c2sccc2C2CC2)c(C)nn1C. The van der Waals surface area contributed by atoms with E-state index < -0.39 is 0 Å². The summed E-state index contributed by atoms with van der Waals surface area (Å²) in [6, 6.07) is 2.20. The summed E-state index contributed by atoms with van der Waals surface area (Å²) in [5.41, 5.74) is 3.27. The van der Waals surface area contributed by atoms with Gasteiger partial charge in [0, 0.05) is 13.6 Å². The predicted octanol–water partition coefficient (Wildman–Crippen LogP) is 3.65. The number of aromatic nitrogens is 2. The highest BCUT2D eigenvalue weighted by atomic mass is 32.1. The molecule has 1 saturated heterocycles. The third-order valence-electron chi connectivity index (χ3n) is 5.16. The van der Waals surface area contributed by atoms with Crippen molar-refractivity contribution in [3.05, 3.63) is 33.1 Å². The zero-order valence-corrected chi connectivity index (χ0v) is 15.2. The van der Waals surface area contributed by atoms with E-state index in [1.54, 1.807) is 23.1 Å². The molecule has 4 rings (SSSR count). The molecule has 1 aliphatic carbocycles. The average Bonchev–Trinajstić information content (AvgIpc) is 2.99. The highest BCUT2D eigenvalue weighted by Crippen LogP contribution is 2.45. The molecule has 0 spiro atoms. The fourth-order valence-corrected chi connectivity index (χ4v) is 4.87. The largest absolute Gasteiger partial charge is 0.481 e. The lowest BCUT2D eigenvalue weighted by Crippen LogP contribution is -2.31. The predicted molar refractivity (Wildman–Crippen MR) is 93.8 cm³/mol. The van der Waals surface area contributed by atoms with Crippen molar-refractivity contribution in [2.24, 2.45) is 7.05 Å². The molecule has 1 unspecified atom stereocenters. The van der Waals surface area contributed by atoms with Crippen LogP contribution in [0.2, 0.25) is 0 Å². The van der Waals surface area contributed by atoms with Crippen molar-refractivity contribution in [2.75, 3.05) is 13.7 Å². The molecule has 128 valence electrons. The van der Waals surface area contributed by atoms with Crippen molar-refractivity contribution in [3.8, 4) is 5.88 Å². The zero-order valence-electron chi connectivity index (χ0n) is 14.4. The Kier molecular flexibility index (Phi) is 3.87. The first kappa shape index (κ1) is 15.7. The molecule has 5 nitrogen and oxygen atoms in total. The Hall–Kier alpha value is -1.82. The van der Waals surface area contributed by atoms with Crippen molar-refractivity contribution in [1.82, 2.24) is 14.7 Å². The maximum atomic E-state index is 13.2. The van der Waals surface area contributed by atoms with Crippen molar-refractivity contribution < 1.29 is 9.53 Å². The molecule has 0 radical (unpaired) electrons. The van der Waals surface area contributed by atoms with Gasteiger partial charge in [0.25, 0.3) is 5.91 Å². The monoisotopic (exact) mass is 345 g/mol. The van der Waals surface area contributed by atoms with Crippen molar-refractivity contribution in [2.45, 2.75) is 44.6 Å². The molecule has 2 aliphatic rings. The van der Waals surface area contributed by atoms with E-state index in [0.717, 1.165) is 41.4 Å². The molecule has 2 aromatic heterocycles. The minimum Gasteiger partial charge on any atom is -0.481 e. The lowest BCUT2D eigenvalue weighted by Gasteiger charge is -2.25. The molecule has 1 atom stereocenters. The Balaban J connectivity index is 1.68. The number of nitrogens with zero attached hydrogens (tertiary/aromatic N) is 3. The molecule has 0 bridgehead atoms. The van der Waals surface area contributed by atoms with Crippen molar-refractivity contribution >= 4 is 17.2 Å². The van der Waals surface area contributed by atoms with Crippen LogP contribution in [0.3, 0.4) is 0 Å². The molecule has 1 saturated carbocycles. The molecular formula is C18H23N3O2S. The van der Waals surface area contributed by atoms with Gasteiger partial charge in [-0.05, 0) is 55.5 Å². The fraction of sp³-hybridized carbons (Fsp3) is 0.556. The normalized spacial score (nSPS) is 20.6. The van der Waals surface area contributed by atoms with Crippen LogP contribution in [0, 0.1) is 6.92 Å². The second-order valence-corrected chi connectivity index (χ2v) is 7.68. The molecule has 0 aromatic carbocycles. The molecule has 3 heterocycles. The van der Waals surface area contributed by atoms with Gasteiger partial charge in [0.2, 0.25) is 5.88 Å². The van der Waals surface area contributed by atoms with Gasteiger partial charge in [0.15, 0.2) is 0 Å². The minimum absolute atomic E-state index is 0.0651. The van der Waals surface area contributed by atoms with E-state index in [-0.39, 0.29) is 11.9 Å². The van der Waals surface area contributed by atoms with Gasteiger partial charge in [-0.2, -0.15) is 5.10 Å². The van der Waals surface area contributed by atoms with E-state index in [1.807, 2.05) is 18.9 Å². The number of carbonyl (C=O) groups is 1. The summed E-state index contributed by atoms with van der Waals surface area (Å²) in [6.07, 6.45) is 4.43. The number of hydrogen-bond donors (Lipinski definition) is 0. The van der Waals surface area contributed by atoms with E-state index in [0.29, 0.717) is 5.92 Å². The standard InChI is InChI=1S/C18H23N3O2S/c1-11-15(18(23-3)20(2)19-11)14-5-4-9-21(14)17(22)16-13(8-10-24-16)12-6-7-12/h8,10,12,14H,4-7,9H2,1-3H3. The zero-order chi connectivity index (χ0) is 16.8. The van der Waals surface area contributed by atoms with Crippen LogP contribution < -0.4 is 4.74 Å². The van der Waals surface area contributed by atoms with E-state index in [4.69, 9.17) is 4.74 Å². The topological polar surface area (TPSA) is 47.4 Å². The van der Waals surface area contributed by atoms with Gasteiger partial charge in [0.1, 0.15) is 0 Å². The first-order valence-electron chi connectivity index (χ1n) is 8.57. The van der Waals surface area contributed by atoms with Crippen LogP contribution >= 0.6 is 11.3 Å². The minimum atomic E-state index is 0.0651. The Morgan fingerprint density at radius 1 is 1.38 bits per heavy atom. The van der Waals surface area contributed by atoms with Gasteiger partial charge >= 0.3 is 0 Å². The van der Waals surface area contributed by atoms with Crippen LogP contribution in [-0.4, -0.2) is 34.2 Å². The van der Waals surface area contributed by atoms with Crippen LogP contribution in [0.4, 0.5) is 0 Å². The Morgan fingerprint density at radius 2 is 2.17 bits per heavy atom. The third kappa shape index (κ3) is 2.44. The van der Waals surface area contributed by atoms with E-state index in [1.165, 1.54) is 18.4 Å². The van der Waals surface area contributed by atoms with Gasteiger partial charge in [-0.3, -0.25) is 4.79 Å². The highest BCUT2D eigenvalue weighted by molar-refractivity contribution is 7.12. The summed E-state index contributed by atoms with van der Waals surface area (Å²) in [7, 11) is 3.56. The maximum absolute atomic E-state index is 13.2. The summed E-state index contributed by atoms with van der Waals surface area (Å²) in [5.74, 6) is 1.55. The lowest BCUT2D eigenvalue weighted by atomic mass is 10.0. The smallest absolute Gasteiger partial charge is 0.264 e. The van der Waals surface area contributed by atoms with Crippen molar-refractivity contribution in [1.29, 1.82) is 0 Å². The van der Waals surface area contributed by atoms with Crippen molar-refractivity contribution in [3.63, 3.8) is 0 Å². The van der Waals surface area contributed by atoms with Gasteiger partial charge in [-0.15, -0.1) is 11.3 Å². The number of amides is 1. The molecule has 1 amide bonds. The number of thiophene rings is 1. The van der Waals surface area contributed by atoms with E-state index in [9.17, 15) is 4.79 Å². The van der Waals surface area contributed by atoms with Crippen LogP contribution in [0.5, 0.6) is 5.88 Å². The number of rotatable bonds is 4. The number of likely N-dealkylation sites (tertiary alicyclic amines) is 1. The Morgan fingerprint density at radius 3 is 2.88 bits per heavy atom. The first-order valence-corrected chi connectivity index (χ1v) is 9.45. The summed E-state index contributed by atoms with van der Waals surface area (Å²) in [6.45, 7) is 2.81. The molecule has 0 N–H and O–H groups in total. The van der Waals surface area contributed by atoms with Gasteiger partial charge < -0.3 is 9.64 Å². The molecule has 6 heteroatoms. The Labute approximate surface area is 146 Å². The average molecular weight is 345 g/mol. The van der Waals surface area contributed by atoms with Crippen LogP contribution in [0.1, 0.15) is 64.1 Å². The van der Waals surface area contributed by atoms with Gasteiger partial charge in [-0.1, -0.05) is 0 Å². The molecule has 24 heavy (non-hydrogen) atoms. The third-order valence-corrected chi connectivity index (χ3v) is 6.08. The van der Waals surface area contributed by atoms with Gasteiger partial charge in [-0.25, -0.2) is 4.68 Å². The summed E-state index contributed by atoms with van der Waals surface area (Å²) >= 11 is 1.59. The highest BCUT2D eigenvalue weighted by Gasteiger charge is 2.38. The fourth-order valence-electron chi connectivity index (χ4n) is 3.93. The summed E-state index contributed by atoms with van der Waals surface area (Å²) < 4.78 is 7.34. The second kappa shape index (κ2) is 5.92. The Bertz CT molecular complexity index is 775. The van der Waals surface area contributed by atoms with Crippen LogP contribution in [0.25, 0.3) is 0 Å². The van der Waals surface area contributed by atoms with E-state index in [2.05, 4.69) is 16.5 Å². The maximum Gasteiger partial charge on any atom is 0.264 e. The summed E-state index contributed by atoms with van der Waals surface area (Å²) in [4.78, 5) is 16.2. The number of ether oxygens (including phenoxy) is 1. The second-order valence-electron chi connectivity index (χ2n) is 6.77. The lowest BCUT2D eigenvalue weighted by molar-refractivity contribution is 0.0737. The molecular weight excluding hydrogens is 322 g/mol. The molecule has 1 aliphatic heterocycles. The van der Waals surface area contributed by atoms with Gasteiger partial charge in [0.05, 0.1) is 29.3 Å². The van der Waals surface area contributed by atoms with E-state index >= 15 is 0 Å². The first-order chi connectivity index (χ1) is 11.6. The van der Waals surface area contributed by atoms with Crippen LogP contribution in [0.15, 0.2) is 11.4 Å². The number of hydrogen-bond acceptors (Lipinski definition) is 4. The number of carbonyl (C=O) groups excluding carboxylic acids is 1. The molecule has 2 aromatic rings. The number of aryl methyl sites for hydroxylation is 2. The quantitative estimate of drug-likeness (QED) is 0.850. The summed E-state index contributed by atoms with van der Waals surface area (Å²) in [5, 5.41) is 6.55. The molecule has 2 fully saturated rings. The number of methoxy groups -OCH3 is 1.